The van der Waals surface area contributed by atoms with Gasteiger partial charge in [-0.05, 0) is 54.7 Å². The van der Waals surface area contributed by atoms with Gasteiger partial charge in [-0.15, -0.1) is 0 Å². The molecule has 2 aliphatic rings. The molecule has 0 bridgehead atoms. The monoisotopic (exact) mass is 556 g/mol. The molecular formula is C34H50F2N2O2. The van der Waals surface area contributed by atoms with Crippen LogP contribution in [-0.4, -0.2) is 29.8 Å². The highest BCUT2D eigenvalue weighted by atomic mass is 19.2. The van der Waals surface area contributed by atoms with Crippen molar-refractivity contribution in [3.8, 4) is 17.1 Å². The number of halogens is 2. The summed E-state index contributed by atoms with van der Waals surface area (Å²) in [5.74, 6) is 0.665. The summed E-state index contributed by atoms with van der Waals surface area (Å²) in [4.78, 5) is 8.56. The molecule has 1 atom stereocenters. The minimum atomic E-state index is -0.838. The average Bonchev–Trinajstić information content (AvgIpc) is 3.80. The summed E-state index contributed by atoms with van der Waals surface area (Å²) in [5.41, 5.74) is 1.60. The van der Waals surface area contributed by atoms with Gasteiger partial charge in [0.15, 0.2) is 23.2 Å². The summed E-state index contributed by atoms with van der Waals surface area (Å²) >= 11 is 0. The number of nitrogens with zero attached hydrogens (tertiary/aromatic N) is 2. The van der Waals surface area contributed by atoms with Gasteiger partial charge in [-0.3, -0.25) is 0 Å². The lowest BCUT2D eigenvalue weighted by Gasteiger charge is -2.26. The maximum atomic E-state index is 15.2. The van der Waals surface area contributed by atoms with Crippen molar-refractivity contribution in [1.82, 2.24) is 9.97 Å². The van der Waals surface area contributed by atoms with Crippen LogP contribution in [0.15, 0.2) is 18.5 Å². The number of fused-ring (bicyclic) bond motifs is 1. The second kappa shape index (κ2) is 17.0. The van der Waals surface area contributed by atoms with Gasteiger partial charge in [0.2, 0.25) is 0 Å². The van der Waals surface area contributed by atoms with E-state index >= 15 is 8.78 Å². The normalized spacial score (nSPS) is 16.7. The van der Waals surface area contributed by atoms with Gasteiger partial charge in [-0.2, -0.15) is 0 Å². The number of rotatable bonds is 20. The molecule has 0 amide bonds. The molecule has 0 aliphatic heterocycles. The maximum Gasteiger partial charge on any atom is 0.170 e. The highest BCUT2D eigenvalue weighted by Gasteiger charge is 2.26. The van der Waals surface area contributed by atoms with Crippen LogP contribution < -0.4 is 4.74 Å². The van der Waals surface area contributed by atoms with E-state index in [2.05, 4.69) is 16.9 Å². The van der Waals surface area contributed by atoms with Crippen molar-refractivity contribution >= 4 is 0 Å². The van der Waals surface area contributed by atoms with Crippen molar-refractivity contribution < 1.29 is 18.3 Å². The molecule has 1 unspecified atom stereocenters. The third-order valence-electron chi connectivity index (χ3n) is 8.60. The summed E-state index contributed by atoms with van der Waals surface area (Å²) in [5, 5.41) is 0. The zero-order valence-electron chi connectivity index (χ0n) is 24.7. The summed E-state index contributed by atoms with van der Waals surface area (Å²) < 4.78 is 41.6. The molecule has 0 radical (unpaired) electrons. The molecule has 1 fully saturated rings. The Kier molecular flexibility index (Phi) is 13.1. The van der Waals surface area contributed by atoms with Gasteiger partial charge in [-0.25, -0.2) is 18.7 Å². The molecule has 40 heavy (non-hydrogen) atoms. The summed E-state index contributed by atoms with van der Waals surface area (Å²) in [6.07, 6.45) is 24.5. The molecule has 0 N–H and O–H groups in total. The highest BCUT2D eigenvalue weighted by Crippen LogP contribution is 2.36. The van der Waals surface area contributed by atoms with E-state index in [0.717, 1.165) is 50.2 Å². The fourth-order valence-electron chi connectivity index (χ4n) is 5.91. The van der Waals surface area contributed by atoms with Gasteiger partial charge in [-0.1, -0.05) is 90.4 Å². The maximum absolute atomic E-state index is 15.2. The first-order valence-electron chi connectivity index (χ1n) is 16.2. The van der Waals surface area contributed by atoms with Crippen molar-refractivity contribution in [1.29, 1.82) is 0 Å². The Balaban J connectivity index is 1.17. The second-order valence-corrected chi connectivity index (χ2v) is 12.1. The van der Waals surface area contributed by atoms with Crippen molar-refractivity contribution in [3.63, 3.8) is 0 Å². The quantitative estimate of drug-likeness (QED) is 0.152. The molecule has 4 nitrogen and oxygen atoms in total. The Morgan fingerprint density at radius 1 is 0.750 bits per heavy atom. The number of unbranched alkanes of at least 4 members (excludes halogenated alkanes) is 8. The van der Waals surface area contributed by atoms with Crippen molar-refractivity contribution in [2.24, 2.45) is 11.8 Å². The lowest BCUT2D eigenvalue weighted by atomic mass is 9.80. The summed E-state index contributed by atoms with van der Waals surface area (Å²) in [6.45, 7) is 4.12. The zero-order valence-corrected chi connectivity index (χ0v) is 24.7. The topological polar surface area (TPSA) is 44.2 Å². The molecule has 1 aromatic carbocycles. The SMILES string of the molecule is CCCCCOCCCOc1cnc(-c2cc3c(c(F)c2F)CC(CCCCCCCCCC2CC2)CC3)nc1. The minimum Gasteiger partial charge on any atom is -0.490 e. The van der Waals surface area contributed by atoms with Crippen molar-refractivity contribution in [2.75, 3.05) is 19.8 Å². The van der Waals surface area contributed by atoms with E-state index in [-0.39, 0.29) is 11.4 Å². The Morgan fingerprint density at radius 3 is 2.12 bits per heavy atom. The van der Waals surface area contributed by atoms with Crippen molar-refractivity contribution in [3.05, 3.63) is 41.2 Å². The summed E-state index contributed by atoms with van der Waals surface area (Å²) in [7, 11) is 0. The average molecular weight is 557 g/mol. The van der Waals surface area contributed by atoms with E-state index in [9.17, 15) is 0 Å². The Labute approximate surface area is 240 Å². The fourth-order valence-corrected chi connectivity index (χ4v) is 5.91. The molecule has 0 saturated heterocycles. The van der Waals surface area contributed by atoms with Crippen LogP contribution in [0.25, 0.3) is 11.4 Å². The number of hydrogen-bond acceptors (Lipinski definition) is 4. The van der Waals surface area contributed by atoms with Crippen LogP contribution >= 0.6 is 0 Å². The van der Waals surface area contributed by atoms with E-state index in [1.54, 1.807) is 6.07 Å². The van der Waals surface area contributed by atoms with Crippen LogP contribution in [0.2, 0.25) is 0 Å². The molecule has 6 heteroatoms. The summed E-state index contributed by atoms with van der Waals surface area (Å²) in [6, 6.07) is 1.76. The van der Waals surface area contributed by atoms with E-state index in [1.807, 2.05) is 0 Å². The molecule has 1 aromatic heterocycles. The fraction of sp³-hybridized carbons (Fsp3) is 0.706. The standard InChI is InChI=1S/C34H50F2N2O2/c1-2-3-11-19-39-20-12-21-40-29-24-37-34(38-25-29)31-23-28-18-17-27(22-30(28)32(35)33(31)36)14-10-8-6-4-5-7-9-13-26-15-16-26/h23-27H,2-22H2,1H3. The Morgan fingerprint density at radius 2 is 1.43 bits per heavy atom. The molecule has 222 valence electrons. The molecule has 0 spiro atoms. The van der Waals surface area contributed by atoms with Crippen LogP contribution in [0.5, 0.6) is 5.75 Å². The van der Waals surface area contributed by atoms with Gasteiger partial charge in [0, 0.05) is 19.6 Å². The smallest absolute Gasteiger partial charge is 0.170 e. The third kappa shape index (κ3) is 10.1. The second-order valence-electron chi connectivity index (χ2n) is 12.1. The third-order valence-corrected chi connectivity index (χ3v) is 8.60. The largest absolute Gasteiger partial charge is 0.490 e. The molecular weight excluding hydrogens is 506 g/mol. The predicted molar refractivity (Wildman–Crippen MR) is 158 cm³/mol. The number of benzene rings is 1. The predicted octanol–water partition coefficient (Wildman–Crippen LogP) is 9.42. The number of aromatic nitrogens is 2. The number of aryl methyl sites for hydroxylation is 1. The van der Waals surface area contributed by atoms with Crippen LogP contribution in [-0.2, 0) is 17.6 Å². The first-order valence-corrected chi connectivity index (χ1v) is 16.2. The van der Waals surface area contributed by atoms with Gasteiger partial charge in [0.1, 0.15) is 0 Å². The first-order chi connectivity index (χ1) is 19.7. The van der Waals surface area contributed by atoms with Gasteiger partial charge in [0.05, 0.1) is 24.6 Å². The molecule has 2 aliphatic carbocycles. The van der Waals surface area contributed by atoms with Gasteiger partial charge < -0.3 is 9.47 Å². The number of hydrogen-bond donors (Lipinski definition) is 0. The van der Waals surface area contributed by atoms with Crippen LogP contribution in [0.4, 0.5) is 8.78 Å². The zero-order chi connectivity index (χ0) is 28.0. The van der Waals surface area contributed by atoms with E-state index in [0.29, 0.717) is 36.9 Å². The number of ether oxygens (including phenoxy) is 2. The molecule has 2 aromatic rings. The van der Waals surface area contributed by atoms with Crippen LogP contribution in [0.3, 0.4) is 0 Å². The van der Waals surface area contributed by atoms with Gasteiger partial charge in [0.25, 0.3) is 0 Å². The van der Waals surface area contributed by atoms with Crippen molar-refractivity contribution in [2.45, 2.75) is 122 Å². The molecule has 4 rings (SSSR count). The molecule has 1 heterocycles. The minimum absolute atomic E-state index is 0.138. The van der Waals surface area contributed by atoms with E-state index < -0.39 is 11.6 Å². The van der Waals surface area contributed by atoms with Gasteiger partial charge >= 0.3 is 0 Å². The van der Waals surface area contributed by atoms with E-state index in [1.165, 1.54) is 89.4 Å². The van der Waals surface area contributed by atoms with Crippen LogP contribution in [0, 0.1) is 23.5 Å². The Hall–Kier alpha value is -2.08. The highest BCUT2D eigenvalue weighted by molar-refractivity contribution is 5.59. The lowest BCUT2D eigenvalue weighted by molar-refractivity contribution is 0.116. The molecule has 1 saturated carbocycles. The Bertz CT molecular complexity index is 1010. The lowest BCUT2D eigenvalue weighted by Crippen LogP contribution is -2.17. The van der Waals surface area contributed by atoms with Crippen LogP contribution in [0.1, 0.15) is 121 Å². The first kappa shape index (κ1) is 30.9. The van der Waals surface area contributed by atoms with E-state index in [4.69, 9.17) is 9.47 Å².